The van der Waals surface area contributed by atoms with Crippen molar-refractivity contribution < 1.29 is 18.0 Å². The number of hydrogen-bond acceptors (Lipinski definition) is 2. The molecule has 2 saturated heterocycles. The maximum Gasteiger partial charge on any atom is 0.262 e. The predicted molar refractivity (Wildman–Crippen MR) is 95.7 cm³/mol. The van der Waals surface area contributed by atoms with Gasteiger partial charge < -0.3 is 9.88 Å². The maximum atomic E-state index is 13.9. The average molecular weight is 377 g/mol. The third-order valence-electron chi connectivity index (χ3n) is 6.48. The maximum absolute atomic E-state index is 13.9. The topological polar surface area (TPSA) is 37.3 Å². The number of alkyl halides is 2. The summed E-state index contributed by atoms with van der Waals surface area (Å²) < 4.78 is 43.8. The highest BCUT2D eigenvalue weighted by molar-refractivity contribution is 6.08. The molecule has 1 unspecified atom stereocenters. The normalized spacial score (nSPS) is 26.5. The molecule has 0 aliphatic carbocycles. The van der Waals surface area contributed by atoms with Gasteiger partial charge in [0.1, 0.15) is 5.82 Å². The third-order valence-corrected chi connectivity index (χ3v) is 6.48. The SMILES string of the molecule is O=C(NCC12CCCN1CC(F)(F)C2)c1c2n(c3ccc(F)cc13)CCC2. The van der Waals surface area contributed by atoms with Gasteiger partial charge in [-0.05, 0) is 50.4 Å². The molecule has 144 valence electrons. The first-order valence-corrected chi connectivity index (χ1v) is 9.60. The largest absolute Gasteiger partial charge is 0.350 e. The Labute approximate surface area is 155 Å². The highest BCUT2D eigenvalue weighted by atomic mass is 19.3. The highest BCUT2D eigenvalue weighted by Crippen LogP contribution is 2.45. The van der Waals surface area contributed by atoms with E-state index >= 15 is 0 Å². The summed E-state index contributed by atoms with van der Waals surface area (Å²) in [4.78, 5) is 14.9. The number of aryl methyl sites for hydroxylation is 1. The molecule has 1 atom stereocenters. The number of carbonyl (C=O) groups is 1. The number of hydrogen-bond donors (Lipinski definition) is 1. The van der Waals surface area contributed by atoms with Crippen molar-refractivity contribution in [3.8, 4) is 0 Å². The van der Waals surface area contributed by atoms with Crippen LogP contribution in [0.15, 0.2) is 18.2 Å². The summed E-state index contributed by atoms with van der Waals surface area (Å²) in [5.41, 5.74) is 1.64. The lowest BCUT2D eigenvalue weighted by Gasteiger charge is -2.31. The monoisotopic (exact) mass is 377 g/mol. The van der Waals surface area contributed by atoms with E-state index in [1.54, 1.807) is 6.07 Å². The van der Waals surface area contributed by atoms with E-state index < -0.39 is 11.5 Å². The molecule has 2 fully saturated rings. The van der Waals surface area contributed by atoms with Crippen molar-refractivity contribution >= 4 is 16.8 Å². The van der Waals surface area contributed by atoms with Crippen molar-refractivity contribution in [3.05, 3.63) is 35.3 Å². The standard InChI is InChI=1S/C20H22F3N3O/c21-13-4-5-15-14(9-13)17(16-3-1-8-26(15)16)18(27)24-11-19-6-2-7-25(19)12-20(22,23)10-19/h4-5,9H,1-3,6-8,10-12H2,(H,24,27). The van der Waals surface area contributed by atoms with Gasteiger partial charge in [0.2, 0.25) is 0 Å². The molecule has 1 N–H and O–H groups in total. The zero-order valence-electron chi connectivity index (χ0n) is 15.0. The Bertz CT molecular complexity index is 938. The van der Waals surface area contributed by atoms with E-state index in [2.05, 4.69) is 9.88 Å². The minimum absolute atomic E-state index is 0.205. The first kappa shape index (κ1) is 17.1. The van der Waals surface area contributed by atoms with E-state index in [9.17, 15) is 18.0 Å². The van der Waals surface area contributed by atoms with Crippen LogP contribution in [0.1, 0.15) is 41.7 Å². The molecular formula is C20H22F3N3O. The summed E-state index contributed by atoms with van der Waals surface area (Å²) in [7, 11) is 0. The van der Waals surface area contributed by atoms with Crippen LogP contribution in [-0.4, -0.2) is 46.5 Å². The summed E-state index contributed by atoms with van der Waals surface area (Å²) in [5.74, 6) is -3.35. The lowest BCUT2D eigenvalue weighted by atomic mass is 9.92. The number of aromatic nitrogens is 1. The molecule has 3 aliphatic heterocycles. The molecule has 3 aliphatic rings. The van der Waals surface area contributed by atoms with Gasteiger partial charge in [0.15, 0.2) is 0 Å². The van der Waals surface area contributed by atoms with Crippen LogP contribution in [0.2, 0.25) is 0 Å². The van der Waals surface area contributed by atoms with Gasteiger partial charge in [-0.15, -0.1) is 0 Å². The Kier molecular flexibility index (Phi) is 3.63. The van der Waals surface area contributed by atoms with Crippen LogP contribution in [0.25, 0.3) is 10.9 Å². The third kappa shape index (κ3) is 2.58. The molecule has 4 nitrogen and oxygen atoms in total. The van der Waals surface area contributed by atoms with E-state index in [0.29, 0.717) is 23.9 Å². The summed E-state index contributed by atoms with van der Waals surface area (Å²) in [6.07, 6.45) is 3.07. The number of rotatable bonds is 3. The van der Waals surface area contributed by atoms with E-state index in [1.807, 2.05) is 4.90 Å². The number of amides is 1. The number of nitrogens with zero attached hydrogens (tertiary/aromatic N) is 2. The number of carbonyl (C=O) groups excluding carboxylic acids is 1. The molecule has 27 heavy (non-hydrogen) atoms. The molecule has 0 saturated carbocycles. The van der Waals surface area contributed by atoms with Crippen LogP contribution < -0.4 is 5.32 Å². The Hall–Kier alpha value is -2.02. The van der Waals surface area contributed by atoms with E-state index in [1.165, 1.54) is 12.1 Å². The summed E-state index contributed by atoms with van der Waals surface area (Å²) in [5, 5.41) is 3.53. The van der Waals surface area contributed by atoms with Crippen molar-refractivity contribution in [1.29, 1.82) is 0 Å². The number of benzene rings is 1. The lowest BCUT2D eigenvalue weighted by molar-refractivity contribution is 0.00949. The molecule has 1 amide bonds. The first-order valence-electron chi connectivity index (χ1n) is 9.60. The van der Waals surface area contributed by atoms with Crippen LogP contribution in [0, 0.1) is 5.82 Å². The zero-order valence-corrected chi connectivity index (χ0v) is 15.0. The number of nitrogens with one attached hydrogen (secondary N) is 1. The van der Waals surface area contributed by atoms with E-state index in [-0.39, 0.29) is 31.2 Å². The fourth-order valence-electron chi connectivity index (χ4n) is 5.41. The molecule has 1 aromatic carbocycles. The van der Waals surface area contributed by atoms with Crippen molar-refractivity contribution in [2.75, 3.05) is 19.6 Å². The van der Waals surface area contributed by atoms with E-state index in [0.717, 1.165) is 37.0 Å². The number of halogens is 3. The first-order chi connectivity index (χ1) is 12.9. The molecule has 1 aromatic heterocycles. The van der Waals surface area contributed by atoms with Gasteiger partial charge in [-0.1, -0.05) is 0 Å². The van der Waals surface area contributed by atoms with Crippen LogP contribution in [0.4, 0.5) is 13.2 Å². The molecule has 7 heteroatoms. The second-order valence-electron chi connectivity index (χ2n) is 8.20. The average Bonchev–Trinajstić information content (AvgIpc) is 3.30. The Balaban J connectivity index is 1.45. The highest BCUT2D eigenvalue weighted by Gasteiger charge is 2.56. The van der Waals surface area contributed by atoms with Crippen molar-refractivity contribution in [2.24, 2.45) is 0 Å². The molecular weight excluding hydrogens is 355 g/mol. The van der Waals surface area contributed by atoms with Crippen molar-refractivity contribution in [3.63, 3.8) is 0 Å². The van der Waals surface area contributed by atoms with Gasteiger partial charge in [-0.2, -0.15) is 0 Å². The van der Waals surface area contributed by atoms with Crippen LogP contribution in [-0.2, 0) is 13.0 Å². The fraction of sp³-hybridized carbons (Fsp3) is 0.550. The molecule has 0 spiro atoms. The van der Waals surface area contributed by atoms with Crippen LogP contribution in [0.5, 0.6) is 0 Å². The lowest BCUT2D eigenvalue weighted by Crippen LogP contribution is -2.48. The predicted octanol–water partition coefficient (Wildman–Crippen LogP) is 3.33. The van der Waals surface area contributed by atoms with Crippen molar-refractivity contribution in [2.45, 2.75) is 50.1 Å². The zero-order chi connectivity index (χ0) is 18.8. The Morgan fingerprint density at radius 1 is 1.22 bits per heavy atom. The van der Waals surface area contributed by atoms with Gasteiger partial charge in [-0.25, -0.2) is 13.2 Å². The molecule has 5 rings (SSSR count). The van der Waals surface area contributed by atoms with E-state index in [4.69, 9.17) is 0 Å². The molecule has 4 heterocycles. The molecule has 0 bridgehead atoms. The minimum Gasteiger partial charge on any atom is -0.350 e. The minimum atomic E-state index is -2.70. The van der Waals surface area contributed by atoms with Gasteiger partial charge in [-0.3, -0.25) is 9.69 Å². The number of fused-ring (bicyclic) bond motifs is 4. The summed E-state index contributed by atoms with van der Waals surface area (Å²) >= 11 is 0. The van der Waals surface area contributed by atoms with Gasteiger partial charge >= 0.3 is 0 Å². The van der Waals surface area contributed by atoms with Crippen LogP contribution in [0.3, 0.4) is 0 Å². The van der Waals surface area contributed by atoms with Crippen LogP contribution >= 0.6 is 0 Å². The van der Waals surface area contributed by atoms with Gasteiger partial charge in [0.25, 0.3) is 11.8 Å². The molecule has 0 radical (unpaired) electrons. The fourth-order valence-corrected chi connectivity index (χ4v) is 5.41. The van der Waals surface area contributed by atoms with Crippen molar-refractivity contribution in [1.82, 2.24) is 14.8 Å². The second-order valence-corrected chi connectivity index (χ2v) is 8.20. The summed E-state index contributed by atoms with van der Waals surface area (Å²) in [6, 6.07) is 4.52. The van der Waals surface area contributed by atoms with Gasteiger partial charge in [0, 0.05) is 41.6 Å². The Morgan fingerprint density at radius 3 is 2.93 bits per heavy atom. The Morgan fingerprint density at radius 2 is 2.07 bits per heavy atom. The van der Waals surface area contributed by atoms with Gasteiger partial charge in [0.05, 0.1) is 12.1 Å². The molecule has 2 aromatic rings. The quantitative estimate of drug-likeness (QED) is 0.891. The smallest absolute Gasteiger partial charge is 0.262 e. The second kappa shape index (κ2) is 5.74. The summed E-state index contributed by atoms with van der Waals surface area (Å²) in [6.45, 7) is 1.46.